The Balaban J connectivity index is 1.89. The molecule has 0 bridgehead atoms. The number of hydrogen-bond donors (Lipinski definition) is 2. The van der Waals surface area contributed by atoms with Crippen LogP contribution in [0.3, 0.4) is 0 Å². The highest BCUT2D eigenvalue weighted by molar-refractivity contribution is 9.09. The molecule has 0 saturated heterocycles. The molecule has 1 aromatic heterocycles. The summed E-state index contributed by atoms with van der Waals surface area (Å²) < 4.78 is 14.1. The van der Waals surface area contributed by atoms with Crippen molar-refractivity contribution in [2.24, 2.45) is 0 Å². The minimum atomic E-state index is -0.876. The van der Waals surface area contributed by atoms with Crippen molar-refractivity contribution in [3.8, 4) is 0 Å². The molecule has 0 spiro atoms. The third kappa shape index (κ3) is 2.70. The van der Waals surface area contributed by atoms with E-state index in [1.807, 2.05) is 12.1 Å². The largest absolute Gasteiger partial charge is 0.399 e. The number of nitrogens with two attached hydrogens (primary N) is 1. The van der Waals surface area contributed by atoms with Gasteiger partial charge in [0.2, 0.25) is 0 Å². The standard InChI is InChI=1S/C14H16BrFN4/c15-8-1-3-13(11(16)5-8)20-14-10-6-9(17)2-4-12(10)18-7-19-14/h2,4,6-8,11,13H,1,3,5,17H2,(H,18,19,20). The fraction of sp³-hybridized carbons (Fsp3) is 0.429. The SMILES string of the molecule is Nc1ccc2ncnc(NC3CCC(Br)CC3F)c2c1. The highest BCUT2D eigenvalue weighted by Crippen LogP contribution is 2.30. The van der Waals surface area contributed by atoms with E-state index in [-0.39, 0.29) is 10.9 Å². The van der Waals surface area contributed by atoms with Gasteiger partial charge in [-0.25, -0.2) is 14.4 Å². The summed E-state index contributed by atoms with van der Waals surface area (Å²) in [7, 11) is 0. The van der Waals surface area contributed by atoms with Gasteiger partial charge in [0.25, 0.3) is 0 Å². The normalized spacial score (nSPS) is 26.6. The lowest BCUT2D eigenvalue weighted by molar-refractivity contribution is 0.235. The van der Waals surface area contributed by atoms with Crippen molar-refractivity contribution < 1.29 is 4.39 Å². The fourth-order valence-electron chi connectivity index (χ4n) is 2.60. The number of nitrogen functional groups attached to an aromatic ring is 1. The zero-order valence-electron chi connectivity index (χ0n) is 10.9. The Morgan fingerprint density at radius 3 is 2.95 bits per heavy atom. The number of anilines is 2. The van der Waals surface area contributed by atoms with Gasteiger partial charge in [-0.2, -0.15) is 0 Å². The number of aromatic nitrogens is 2. The highest BCUT2D eigenvalue weighted by atomic mass is 79.9. The van der Waals surface area contributed by atoms with Crippen molar-refractivity contribution in [2.45, 2.75) is 36.3 Å². The molecule has 4 nitrogen and oxygen atoms in total. The number of alkyl halides is 2. The van der Waals surface area contributed by atoms with Gasteiger partial charge in [0.15, 0.2) is 0 Å². The first-order chi connectivity index (χ1) is 9.63. The summed E-state index contributed by atoms with van der Waals surface area (Å²) >= 11 is 3.48. The van der Waals surface area contributed by atoms with Crippen molar-refractivity contribution in [1.82, 2.24) is 9.97 Å². The predicted molar refractivity (Wildman–Crippen MR) is 82.8 cm³/mol. The molecule has 1 fully saturated rings. The third-order valence-electron chi connectivity index (χ3n) is 3.69. The van der Waals surface area contributed by atoms with Crippen LogP contribution in [0.25, 0.3) is 10.9 Å². The van der Waals surface area contributed by atoms with Gasteiger partial charge in [-0.1, -0.05) is 15.9 Å². The van der Waals surface area contributed by atoms with E-state index < -0.39 is 6.17 Å². The molecule has 106 valence electrons. The van der Waals surface area contributed by atoms with Gasteiger partial charge in [-0.15, -0.1) is 0 Å². The van der Waals surface area contributed by atoms with Crippen LogP contribution in [0.5, 0.6) is 0 Å². The Hall–Kier alpha value is -1.43. The van der Waals surface area contributed by atoms with E-state index in [4.69, 9.17) is 5.73 Å². The molecule has 2 aromatic rings. The van der Waals surface area contributed by atoms with E-state index in [0.717, 1.165) is 23.7 Å². The molecule has 3 atom stereocenters. The lowest BCUT2D eigenvalue weighted by atomic mass is 9.93. The summed E-state index contributed by atoms with van der Waals surface area (Å²) in [5, 5.41) is 4.05. The van der Waals surface area contributed by atoms with Gasteiger partial charge in [0.1, 0.15) is 18.3 Å². The van der Waals surface area contributed by atoms with E-state index in [1.165, 1.54) is 6.33 Å². The van der Waals surface area contributed by atoms with E-state index in [2.05, 4.69) is 31.2 Å². The molecule has 0 aliphatic heterocycles. The second kappa shape index (κ2) is 5.52. The maximum Gasteiger partial charge on any atom is 0.137 e. The second-order valence-electron chi connectivity index (χ2n) is 5.18. The molecule has 1 aliphatic carbocycles. The molecular formula is C14H16BrFN4. The maximum atomic E-state index is 14.1. The van der Waals surface area contributed by atoms with Gasteiger partial charge < -0.3 is 11.1 Å². The van der Waals surface area contributed by atoms with Crippen molar-refractivity contribution in [1.29, 1.82) is 0 Å². The topological polar surface area (TPSA) is 63.8 Å². The summed E-state index contributed by atoms with van der Waals surface area (Å²) in [5.41, 5.74) is 7.26. The first-order valence-corrected chi connectivity index (χ1v) is 7.60. The Kier molecular flexibility index (Phi) is 3.74. The van der Waals surface area contributed by atoms with Crippen molar-refractivity contribution >= 4 is 38.3 Å². The average Bonchev–Trinajstić information content (AvgIpc) is 2.42. The van der Waals surface area contributed by atoms with E-state index in [1.54, 1.807) is 6.07 Å². The molecule has 3 unspecified atom stereocenters. The molecule has 1 saturated carbocycles. The second-order valence-corrected chi connectivity index (χ2v) is 6.47. The summed E-state index contributed by atoms with van der Waals surface area (Å²) in [6.45, 7) is 0. The summed E-state index contributed by atoms with van der Waals surface area (Å²) in [6, 6.07) is 5.26. The minimum Gasteiger partial charge on any atom is -0.399 e. The maximum absolute atomic E-state index is 14.1. The minimum absolute atomic E-state index is 0.205. The monoisotopic (exact) mass is 338 g/mol. The summed E-state index contributed by atoms with van der Waals surface area (Å²) in [5.74, 6) is 0.656. The molecule has 3 N–H and O–H groups in total. The first kappa shape index (κ1) is 13.5. The fourth-order valence-corrected chi connectivity index (χ4v) is 3.22. The van der Waals surface area contributed by atoms with Crippen LogP contribution in [0, 0.1) is 0 Å². The Morgan fingerprint density at radius 1 is 1.30 bits per heavy atom. The lowest BCUT2D eigenvalue weighted by Gasteiger charge is -2.30. The van der Waals surface area contributed by atoms with Crippen molar-refractivity contribution in [2.75, 3.05) is 11.1 Å². The number of nitrogens with zero attached hydrogens (tertiary/aromatic N) is 2. The van der Waals surface area contributed by atoms with Crippen LogP contribution < -0.4 is 11.1 Å². The Morgan fingerprint density at radius 2 is 2.15 bits per heavy atom. The smallest absolute Gasteiger partial charge is 0.137 e. The van der Waals surface area contributed by atoms with Crippen LogP contribution in [-0.4, -0.2) is 27.0 Å². The molecule has 0 radical (unpaired) electrons. The number of halogens is 2. The predicted octanol–water partition coefficient (Wildman–Crippen LogP) is 3.28. The third-order valence-corrected chi connectivity index (χ3v) is 4.52. The molecule has 1 heterocycles. The van der Waals surface area contributed by atoms with Gasteiger partial charge in [0.05, 0.1) is 11.6 Å². The number of fused-ring (bicyclic) bond motifs is 1. The lowest BCUT2D eigenvalue weighted by Crippen LogP contribution is -2.37. The van der Waals surface area contributed by atoms with Crippen LogP contribution >= 0.6 is 15.9 Å². The van der Waals surface area contributed by atoms with Crippen LogP contribution in [0.2, 0.25) is 0 Å². The van der Waals surface area contributed by atoms with Crippen LogP contribution in [0.4, 0.5) is 15.9 Å². The van der Waals surface area contributed by atoms with E-state index in [9.17, 15) is 4.39 Å². The number of rotatable bonds is 2. The van der Waals surface area contributed by atoms with Gasteiger partial charge in [-0.3, -0.25) is 0 Å². The van der Waals surface area contributed by atoms with Gasteiger partial charge in [-0.05, 0) is 37.5 Å². The molecular weight excluding hydrogens is 323 g/mol. The highest BCUT2D eigenvalue weighted by Gasteiger charge is 2.29. The summed E-state index contributed by atoms with van der Waals surface area (Å²) in [4.78, 5) is 8.71. The Labute approximate surface area is 125 Å². The van der Waals surface area contributed by atoms with Crippen molar-refractivity contribution in [3.63, 3.8) is 0 Å². The van der Waals surface area contributed by atoms with Gasteiger partial charge >= 0.3 is 0 Å². The quantitative estimate of drug-likeness (QED) is 0.651. The first-order valence-electron chi connectivity index (χ1n) is 6.68. The van der Waals surface area contributed by atoms with E-state index in [0.29, 0.717) is 17.9 Å². The van der Waals surface area contributed by atoms with Gasteiger partial charge in [0, 0.05) is 15.9 Å². The average molecular weight is 339 g/mol. The Bertz CT molecular complexity index is 621. The number of hydrogen-bond acceptors (Lipinski definition) is 4. The molecule has 3 rings (SSSR count). The zero-order chi connectivity index (χ0) is 14.1. The summed E-state index contributed by atoms with van der Waals surface area (Å²) in [6.07, 6.45) is 2.89. The zero-order valence-corrected chi connectivity index (χ0v) is 12.5. The molecule has 6 heteroatoms. The van der Waals surface area contributed by atoms with E-state index >= 15 is 0 Å². The van der Waals surface area contributed by atoms with Crippen molar-refractivity contribution in [3.05, 3.63) is 24.5 Å². The molecule has 1 aromatic carbocycles. The van der Waals surface area contributed by atoms with Crippen LogP contribution in [-0.2, 0) is 0 Å². The number of nitrogens with one attached hydrogen (secondary N) is 1. The van der Waals surface area contributed by atoms with Crippen LogP contribution in [0.15, 0.2) is 24.5 Å². The van der Waals surface area contributed by atoms with Crippen LogP contribution in [0.1, 0.15) is 19.3 Å². The molecule has 1 aliphatic rings. The molecule has 20 heavy (non-hydrogen) atoms. The number of benzene rings is 1. The molecule has 0 amide bonds.